The molecule has 0 aromatic heterocycles. The third-order valence-electron chi connectivity index (χ3n) is 2.56. The second-order valence-corrected chi connectivity index (χ2v) is 4.95. The highest BCUT2D eigenvalue weighted by Gasteiger charge is 2.05. The fourth-order valence-electron chi connectivity index (χ4n) is 1.69. The second-order valence-electron chi connectivity index (χ2n) is 4.03. The summed E-state index contributed by atoms with van der Waals surface area (Å²) in [5.74, 6) is 0.866. The van der Waals surface area contributed by atoms with E-state index in [1.54, 1.807) is 7.11 Å². The maximum Gasteiger partial charge on any atom is 0.123 e. The van der Waals surface area contributed by atoms with Crippen molar-refractivity contribution in [2.75, 3.05) is 13.7 Å². The minimum Gasteiger partial charge on any atom is -0.496 e. The average molecular weight is 302 g/mol. The van der Waals surface area contributed by atoms with E-state index in [0.29, 0.717) is 13.1 Å². The smallest absolute Gasteiger partial charge is 0.123 e. The molecule has 0 heterocycles. The summed E-state index contributed by atoms with van der Waals surface area (Å²) in [6.07, 6.45) is 1.57. The molecular weight excluding hydrogens is 282 g/mol. The zero-order chi connectivity index (χ0) is 12.7. The van der Waals surface area contributed by atoms with Gasteiger partial charge in [0.05, 0.1) is 13.2 Å². The van der Waals surface area contributed by atoms with Gasteiger partial charge in [0, 0.05) is 23.1 Å². The van der Waals surface area contributed by atoms with Crippen molar-refractivity contribution >= 4 is 15.9 Å². The van der Waals surface area contributed by atoms with Crippen LogP contribution in [0.25, 0.3) is 0 Å². The van der Waals surface area contributed by atoms with Crippen LogP contribution in [-0.4, -0.2) is 24.9 Å². The third kappa shape index (κ3) is 5.06. The van der Waals surface area contributed by atoms with Gasteiger partial charge in [0.25, 0.3) is 0 Å². The second kappa shape index (κ2) is 7.69. The largest absolute Gasteiger partial charge is 0.496 e. The summed E-state index contributed by atoms with van der Waals surface area (Å²) in [5, 5.41) is 12.8. The van der Waals surface area contributed by atoms with Crippen molar-refractivity contribution in [3.63, 3.8) is 0 Å². The van der Waals surface area contributed by atoms with Crippen molar-refractivity contribution in [3.05, 3.63) is 28.2 Å². The molecule has 0 saturated carbocycles. The Balaban J connectivity index is 2.48. The van der Waals surface area contributed by atoms with Crippen LogP contribution in [0.4, 0.5) is 0 Å². The first-order valence-corrected chi connectivity index (χ1v) is 6.67. The fourth-order valence-corrected chi connectivity index (χ4v) is 2.10. The average Bonchev–Trinajstić information content (AvgIpc) is 2.30. The van der Waals surface area contributed by atoms with Gasteiger partial charge in [-0.1, -0.05) is 29.3 Å². The van der Waals surface area contributed by atoms with Crippen molar-refractivity contribution in [1.29, 1.82) is 0 Å². The summed E-state index contributed by atoms with van der Waals surface area (Å²) >= 11 is 3.44. The van der Waals surface area contributed by atoms with Crippen LogP contribution in [0.2, 0.25) is 0 Å². The molecule has 0 aliphatic heterocycles. The van der Waals surface area contributed by atoms with Crippen molar-refractivity contribution in [2.24, 2.45) is 0 Å². The lowest BCUT2D eigenvalue weighted by Crippen LogP contribution is -2.26. The van der Waals surface area contributed by atoms with Gasteiger partial charge in [-0.2, -0.15) is 0 Å². The molecule has 0 amide bonds. The molecule has 1 atom stereocenters. The molecule has 0 bridgehead atoms. The molecular formula is C13H20BrNO2. The number of benzene rings is 1. The lowest BCUT2D eigenvalue weighted by Gasteiger charge is -2.13. The highest BCUT2D eigenvalue weighted by atomic mass is 79.9. The van der Waals surface area contributed by atoms with Gasteiger partial charge in [-0.25, -0.2) is 0 Å². The minimum atomic E-state index is -0.266. The Morgan fingerprint density at radius 3 is 2.88 bits per heavy atom. The van der Waals surface area contributed by atoms with Gasteiger partial charge in [-0.15, -0.1) is 0 Å². The summed E-state index contributed by atoms with van der Waals surface area (Å²) in [6.45, 7) is 3.38. The summed E-state index contributed by atoms with van der Waals surface area (Å²) in [4.78, 5) is 0. The first-order chi connectivity index (χ1) is 8.17. The molecule has 1 aromatic rings. The van der Waals surface area contributed by atoms with Gasteiger partial charge in [-0.3, -0.25) is 0 Å². The minimum absolute atomic E-state index is 0.266. The monoisotopic (exact) mass is 301 g/mol. The predicted molar refractivity (Wildman–Crippen MR) is 73.3 cm³/mol. The van der Waals surface area contributed by atoms with Gasteiger partial charge in [0.2, 0.25) is 0 Å². The predicted octanol–water partition coefficient (Wildman–Crippen LogP) is 2.71. The highest BCUT2D eigenvalue weighted by Crippen LogP contribution is 2.22. The molecule has 96 valence electrons. The third-order valence-corrected chi connectivity index (χ3v) is 3.05. The van der Waals surface area contributed by atoms with Gasteiger partial charge >= 0.3 is 0 Å². The van der Waals surface area contributed by atoms with E-state index in [1.165, 1.54) is 0 Å². The van der Waals surface area contributed by atoms with Crippen LogP contribution in [0.15, 0.2) is 22.7 Å². The maximum atomic E-state index is 9.61. The first-order valence-electron chi connectivity index (χ1n) is 5.88. The van der Waals surface area contributed by atoms with Gasteiger partial charge in [0.1, 0.15) is 5.75 Å². The highest BCUT2D eigenvalue weighted by molar-refractivity contribution is 9.10. The Bertz CT molecular complexity index is 344. The lowest BCUT2D eigenvalue weighted by atomic mass is 10.2. The molecule has 0 saturated heterocycles. The number of aliphatic hydroxyl groups excluding tert-OH is 1. The number of hydrogen-bond acceptors (Lipinski definition) is 3. The number of methoxy groups -OCH3 is 1. The van der Waals surface area contributed by atoms with E-state index < -0.39 is 0 Å². The Labute approximate surface area is 111 Å². The SMILES string of the molecule is CCCC(O)CNCc1cc(Br)ccc1OC. The Kier molecular flexibility index (Phi) is 6.55. The van der Waals surface area contributed by atoms with E-state index in [-0.39, 0.29) is 6.10 Å². The van der Waals surface area contributed by atoms with E-state index in [1.807, 2.05) is 18.2 Å². The van der Waals surface area contributed by atoms with Crippen LogP contribution in [0.3, 0.4) is 0 Å². The number of hydrogen-bond donors (Lipinski definition) is 2. The summed E-state index contributed by atoms with van der Waals surface area (Å²) in [5.41, 5.74) is 1.09. The van der Waals surface area contributed by atoms with Gasteiger partial charge < -0.3 is 15.2 Å². The molecule has 4 heteroatoms. The topological polar surface area (TPSA) is 41.5 Å². The van der Waals surface area contributed by atoms with Crippen LogP contribution in [0.5, 0.6) is 5.75 Å². The fraction of sp³-hybridized carbons (Fsp3) is 0.538. The molecule has 1 aromatic carbocycles. The van der Waals surface area contributed by atoms with Crippen molar-refractivity contribution in [2.45, 2.75) is 32.4 Å². The van der Waals surface area contributed by atoms with E-state index in [9.17, 15) is 5.11 Å². The van der Waals surface area contributed by atoms with Crippen LogP contribution < -0.4 is 10.1 Å². The molecule has 1 rings (SSSR count). The van der Waals surface area contributed by atoms with Crippen LogP contribution in [-0.2, 0) is 6.54 Å². The number of ether oxygens (including phenoxy) is 1. The number of rotatable bonds is 7. The van der Waals surface area contributed by atoms with Crippen molar-refractivity contribution in [3.8, 4) is 5.75 Å². The quantitative estimate of drug-likeness (QED) is 0.814. The molecule has 2 N–H and O–H groups in total. The van der Waals surface area contributed by atoms with Crippen molar-refractivity contribution < 1.29 is 9.84 Å². The molecule has 0 fully saturated rings. The van der Waals surface area contributed by atoms with Crippen LogP contribution >= 0.6 is 15.9 Å². The first kappa shape index (κ1) is 14.5. The Hall–Kier alpha value is -0.580. The van der Waals surface area contributed by atoms with Gasteiger partial charge in [-0.05, 0) is 24.6 Å². The zero-order valence-corrected chi connectivity index (χ0v) is 12.0. The molecule has 0 aliphatic rings. The van der Waals surface area contributed by atoms with Crippen molar-refractivity contribution in [1.82, 2.24) is 5.32 Å². The van der Waals surface area contributed by atoms with Gasteiger partial charge in [0.15, 0.2) is 0 Å². The number of aliphatic hydroxyl groups is 1. The van der Waals surface area contributed by atoms with E-state index >= 15 is 0 Å². The zero-order valence-electron chi connectivity index (χ0n) is 10.4. The maximum absolute atomic E-state index is 9.61. The Morgan fingerprint density at radius 2 is 2.24 bits per heavy atom. The lowest BCUT2D eigenvalue weighted by molar-refractivity contribution is 0.160. The normalized spacial score (nSPS) is 12.5. The molecule has 0 aliphatic carbocycles. The molecule has 17 heavy (non-hydrogen) atoms. The molecule has 0 spiro atoms. The van der Waals surface area contributed by atoms with Crippen LogP contribution in [0.1, 0.15) is 25.3 Å². The summed E-state index contributed by atoms with van der Waals surface area (Å²) in [6, 6.07) is 5.91. The standard InChI is InChI=1S/C13H20BrNO2/c1-3-4-12(16)9-15-8-10-7-11(14)5-6-13(10)17-2/h5-7,12,15-16H,3-4,8-9H2,1-2H3. The Morgan fingerprint density at radius 1 is 1.47 bits per heavy atom. The summed E-state index contributed by atoms with van der Waals surface area (Å²) < 4.78 is 6.31. The molecule has 3 nitrogen and oxygen atoms in total. The van der Waals surface area contributed by atoms with E-state index in [4.69, 9.17) is 4.74 Å². The summed E-state index contributed by atoms with van der Waals surface area (Å²) in [7, 11) is 1.67. The number of halogens is 1. The molecule has 0 radical (unpaired) electrons. The number of nitrogens with one attached hydrogen (secondary N) is 1. The van der Waals surface area contributed by atoms with E-state index in [0.717, 1.165) is 28.6 Å². The molecule has 1 unspecified atom stereocenters. The van der Waals surface area contributed by atoms with Crippen LogP contribution in [0, 0.1) is 0 Å². The van der Waals surface area contributed by atoms with E-state index in [2.05, 4.69) is 28.2 Å².